The predicted molar refractivity (Wildman–Crippen MR) is 81.8 cm³/mol. The third-order valence-electron chi connectivity index (χ3n) is 2.99. The van der Waals surface area contributed by atoms with Gasteiger partial charge in [0.1, 0.15) is 5.75 Å². The third-order valence-corrected chi connectivity index (χ3v) is 3.39. The second kappa shape index (κ2) is 6.91. The highest BCUT2D eigenvalue weighted by molar-refractivity contribution is 6.31. The smallest absolute Gasteiger partial charge is 0.416 e. The fourth-order valence-electron chi connectivity index (χ4n) is 1.78. The molecule has 0 saturated carbocycles. The normalized spacial score (nSPS) is 11.2. The van der Waals surface area contributed by atoms with Crippen molar-refractivity contribution in [3.8, 4) is 5.75 Å². The fraction of sp³-hybridized carbons (Fsp3) is 0.188. The van der Waals surface area contributed by atoms with Crippen LogP contribution >= 0.6 is 11.6 Å². The molecule has 0 unspecified atom stereocenters. The number of amides is 1. The molecule has 0 atom stereocenters. The highest BCUT2D eigenvalue weighted by Crippen LogP contribution is 2.31. The summed E-state index contributed by atoms with van der Waals surface area (Å²) in [6.07, 6.45) is -4.46. The summed E-state index contributed by atoms with van der Waals surface area (Å²) in [6, 6.07) is 9.34. The van der Waals surface area contributed by atoms with Crippen LogP contribution in [0.3, 0.4) is 0 Å². The predicted octanol–water partition coefficient (Wildman–Crippen LogP) is 4.68. The van der Waals surface area contributed by atoms with Crippen molar-refractivity contribution in [3.63, 3.8) is 0 Å². The SMILES string of the molecule is Cc1ccc(NC(=O)COc2cccc(C(F)(F)F)c2)cc1Cl. The van der Waals surface area contributed by atoms with Gasteiger partial charge in [-0.15, -0.1) is 0 Å². The van der Waals surface area contributed by atoms with Crippen LogP contribution in [-0.4, -0.2) is 12.5 Å². The number of anilines is 1. The molecule has 0 aliphatic rings. The number of halogens is 4. The van der Waals surface area contributed by atoms with Gasteiger partial charge in [0.25, 0.3) is 5.91 Å². The average molecular weight is 344 g/mol. The molecule has 0 fully saturated rings. The van der Waals surface area contributed by atoms with Crippen LogP contribution in [-0.2, 0) is 11.0 Å². The molecule has 0 aromatic heterocycles. The summed E-state index contributed by atoms with van der Waals surface area (Å²) in [5.74, 6) is -0.528. The van der Waals surface area contributed by atoms with Gasteiger partial charge in [-0.1, -0.05) is 23.7 Å². The largest absolute Gasteiger partial charge is 0.484 e. The lowest BCUT2D eigenvalue weighted by Gasteiger charge is -2.11. The molecule has 2 aromatic rings. The Morgan fingerprint density at radius 1 is 1.22 bits per heavy atom. The maximum absolute atomic E-state index is 12.6. The number of hydrogen-bond acceptors (Lipinski definition) is 2. The molecule has 1 amide bonds. The minimum atomic E-state index is -4.46. The monoisotopic (exact) mass is 343 g/mol. The van der Waals surface area contributed by atoms with Gasteiger partial charge in [0.05, 0.1) is 5.56 Å². The summed E-state index contributed by atoms with van der Waals surface area (Å²) in [6.45, 7) is 1.41. The molecular weight excluding hydrogens is 331 g/mol. The van der Waals surface area contributed by atoms with Gasteiger partial charge in [0.2, 0.25) is 0 Å². The van der Waals surface area contributed by atoms with Crippen molar-refractivity contribution in [2.45, 2.75) is 13.1 Å². The molecule has 1 N–H and O–H groups in total. The van der Waals surface area contributed by atoms with E-state index in [1.54, 1.807) is 18.2 Å². The summed E-state index contributed by atoms with van der Waals surface area (Å²) in [4.78, 5) is 11.8. The Kier molecular flexibility index (Phi) is 5.15. The first kappa shape index (κ1) is 17.1. The number of aryl methyl sites for hydroxylation is 1. The Hall–Kier alpha value is -2.21. The molecule has 7 heteroatoms. The topological polar surface area (TPSA) is 38.3 Å². The highest BCUT2D eigenvalue weighted by atomic mass is 35.5. The van der Waals surface area contributed by atoms with Crippen molar-refractivity contribution in [1.82, 2.24) is 0 Å². The molecule has 0 aliphatic carbocycles. The number of nitrogens with one attached hydrogen (secondary N) is 1. The molecule has 23 heavy (non-hydrogen) atoms. The Labute approximate surface area is 136 Å². The van der Waals surface area contributed by atoms with Crippen molar-refractivity contribution >= 4 is 23.2 Å². The molecule has 0 bridgehead atoms. The maximum atomic E-state index is 12.6. The van der Waals surface area contributed by atoms with Crippen molar-refractivity contribution in [2.24, 2.45) is 0 Å². The van der Waals surface area contributed by atoms with Gasteiger partial charge in [-0.2, -0.15) is 13.2 Å². The molecule has 2 rings (SSSR count). The van der Waals surface area contributed by atoms with Gasteiger partial charge >= 0.3 is 6.18 Å². The van der Waals surface area contributed by atoms with Crippen LogP contribution in [0.15, 0.2) is 42.5 Å². The number of carbonyl (C=O) groups excluding carboxylic acids is 1. The van der Waals surface area contributed by atoms with E-state index in [-0.39, 0.29) is 5.75 Å². The molecule has 0 spiro atoms. The minimum Gasteiger partial charge on any atom is -0.484 e. The van der Waals surface area contributed by atoms with Gasteiger partial charge in [-0.25, -0.2) is 0 Å². The average Bonchev–Trinajstić information content (AvgIpc) is 2.48. The van der Waals surface area contributed by atoms with E-state index in [1.807, 2.05) is 6.92 Å². The van der Waals surface area contributed by atoms with Crippen molar-refractivity contribution in [1.29, 1.82) is 0 Å². The van der Waals surface area contributed by atoms with Gasteiger partial charge in [0.15, 0.2) is 6.61 Å². The second-order valence-electron chi connectivity index (χ2n) is 4.83. The molecule has 2 aromatic carbocycles. The molecule has 0 saturated heterocycles. The number of alkyl halides is 3. The zero-order valence-electron chi connectivity index (χ0n) is 12.1. The first-order valence-electron chi connectivity index (χ1n) is 6.62. The lowest BCUT2D eigenvalue weighted by atomic mass is 10.2. The van der Waals surface area contributed by atoms with E-state index in [4.69, 9.17) is 16.3 Å². The lowest BCUT2D eigenvalue weighted by Crippen LogP contribution is -2.20. The Morgan fingerprint density at radius 2 is 1.96 bits per heavy atom. The van der Waals surface area contributed by atoms with Gasteiger partial charge in [-0.3, -0.25) is 4.79 Å². The first-order valence-corrected chi connectivity index (χ1v) is 6.99. The number of benzene rings is 2. The quantitative estimate of drug-likeness (QED) is 0.875. The lowest BCUT2D eigenvalue weighted by molar-refractivity contribution is -0.137. The van der Waals surface area contributed by atoms with E-state index >= 15 is 0 Å². The molecule has 122 valence electrons. The Balaban J connectivity index is 1.95. The van der Waals surface area contributed by atoms with E-state index < -0.39 is 24.3 Å². The second-order valence-corrected chi connectivity index (χ2v) is 5.23. The van der Waals surface area contributed by atoms with Gasteiger partial charge in [-0.05, 0) is 42.8 Å². The van der Waals surface area contributed by atoms with Crippen molar-refractivity contribution in [3.05, 3.63) is 58.6 Å². The fourth-order valence-corrected chi connectivity index (χ4v) is 1.96. The zero-order chi connectivity index (χ0) is 17.0. The van der Waals surface area contributed by atoms with E-state index in [0.717, 1.165) is 17.7 Å². The summed E-state index contributed by atoms with van der Waals surface area (Å²) < 4.78 is 42.8. The van der Waals surface area contributed by atoms with Crippen LogP contribution in [0.1, 0.15) is 11.1 Å². The van der Waals surface area contributed by atoms with E-state index in [9.17, 15) is 18.0 Å². The maximum Gasteiger partial charge on any atom is 0.416 e. The zero-order valence-corrected chi connectivity index (χ0v) is 12.8. The molecule has 3 nitrogen and oxygen atoms in total. The van der Waals surface area contributed by atoms with E-state index in [1.165, 1.54) is 12.1 Å². The van der Waals surface area contributed by atoms with Gasteiger partial charge in [0, 0.05) is 10.7 Å². The highest BCUT2D eigenvalue weighted by Gasteiger charge is 2.30. The number of carbonyl (C=O) groups is 1. The summed E-state index contributed by atoms with van der Waals surface area (Å²) in [5, 5.41) is 3.06. The van der Waals surface area contributed by atoms with Crippen LogP contribution in [0.2, 0.25) is 5.02 Å². The van der Waals surface area contributed by atoms with E-state index in [2.05, 4.69) is 5.32 Å². The van der Waals surface area contributed by atoms with Crippen LogP contribution in [0.5, 0.6) is 5.75 Å². The number of ether oxygens (including phenoxy) is 1. The molecule has 0 heterocycles. The standard InChI is InChI=1S/C16H13ClF3NO2/c1-10-5-6-12(8-14(10)17)21-15(22)9-23-13-4-2-3-11(7-13)16(18,19)20/h2-8H,9H2,1H3,(H,21,22). The molecule has 0 radical (unpaired) electrons. The van der Waals surface area contributed by atoms with Crippen molar-refractivity contribution in [2.75, 3.05) is 11.9 Å². The van der Waals surface area contributed by atoms with Crippen LogP contribution < -0.4 is 10.1 Å². The Morgan fingerprint density at radius 3 is 2.61 bits per heavy atom. The van der Waals surface area contributed by atoms with Crippen LogP contribution in [0, 0.1) is 6.92 Å². The molecular formula is C16H13ClF3NO2. The van der Waals surface area contributed by atoms with Crippen LogP contribution in [0.25, 0.3) is 0 Å². The van der Waals surface area contributed by atoms with Crippen LogP contribution in [0.4, 0.5) is 18.9 Å². The molecule has 0 aliphatic heterocycles. The summed E-state index contributed by atoms with van der Waals surface area (Å²) >= 11 is 5.94. The van der Waals surface area contributed by atoms with Gasteiger partial charge < -0.3 is 10.1 Å². The first-order chi connectivity index (χ1) is 10.8. The van der Waals surface area contributed by atoms with E-state index in [0.29, 0.717) is 10.7 Å². The van der Waals surface area contributed by atoms with Crippen molar-refractivity contribution < 1.29 is 22.7 Å². The number of rotatable bonds is 4. The number of hydrogen-bond donors (Lipinski definition) is 1. The Bertz CT molecular complexity index is 717. The summed E-state index contributed by atoms with van der Waals surface area (Å²) in [7, 11) is 0. The summed E-state index contributed by atoms with van der Waals surface area (Å²) in [5.41, 5.74) is 0.517. The third kappa shape index (κ3) is 4.89. The minimum absolute atomic E-state index is 0.0306.